The Hall–Kier alpha value is -2.67. The molecular weight excluding hydrogens is 304 g/mol. The maximum atomic E-state index is 12.9. The minimum absolute atomic E-state index is 0.232. The number of ketones is 1. The van der Waals surface area contributed by atoms with E-state index in [1.807, 2.05) is 30.3 Å². The number of allylic oxidation sites excluding steroid dienone is 2. The van der Waals surface area contributed by atoms with E-state index >= 15 is 0 Å². The van der Waals surface area contributed by atoms with Crippen molar-refractivity contribution in [3.63, 3.8) is 0 Å². The summed E-state index contributed by atoms with van der Waals surface area (Å²) in [5.74, 6) is 0.232. The molecule has 3 aromatic rings. The third kappa shape index (κ3) is 3.41. The zero-order valence-electron chi connectivity index (χ0n) is 14.4. The van der Waals surface area contributed by atoms with Crippen molar-refractivity contribution in [3.8, 4) is 0 Å². The monoisotopic (exact) mass is 326 g/mol. The predicted molar refractivity (Wildman–Crippen MR) is 105 cm³/mol. The molecule has 0 amide bonds. The number of hydrogen-bond donors (Lipinski definition) is 0. The van der Waals surface area contributed by atoms with Gasteiger partial charge in [0.1, 0.15) is 0 Å². The van der Waals surface area contributed by atoms with E-state index in [1.165, 1.54) is 34.9 Å². The quantitative estimate of drug-likeness (QED) is 0.504. The molecule has 0 radical (unpaired) electrons. The van der Waals surface area contributed by atoms with Crippen LogP contribution in [0.3, 0.4) is 0 Å². The number of benzene rings is 3. The smallest absolute Gasteiger partial charge is 0.166 e. The average molecular weight is 326 g/mol. The standard InChI is InChI=1S/C24H22O/c25-24(22-15-14-18-8-4-5-11-20(18)16-22)17-21-12-6-7-13-23(21)19-9-2-1-3-10-19/h1-5,8-11,14-16H,6-7,12-13,17H2. The van der Waals surface area contributed by atoms with Gasteiger partial charge in [-0.05, 0) is 53.7 Å². The number of carbonyl (C=O) groups excluding carboxylic acids is 1. The predicted octanol–water partition coefficient (Wildman–Crippen LogP) is 6.44. The Labute approximate surface area is 149 Å². The van der Waals surface area contributed by atoms with Crippen molar-refractivity contribution in [3.05, 3.63) is 89.5 Å². The minimum Gasteiger partial charge on any atom is -0.294 e. The summed E-state index contributed by atoms with van der Waals surface area (Å²) < 4.78 is 0. The summed E-state index contributed by atoms with van der Waals surface area (Å²) in [4.78, 5) is 12.9. The summed E-state index contributed by atoms with van der Waals surface area (Å²) in [6.45, 7) is 0. The van der Waals surface area contributed by atoms with Gasteiger partial charge in [-0.2, -0.15) is 0 Å². The van der Waals surface area contributed by atoms with Gasteiger partial charge in [0.05, 0.1) is 0 Å². The fourth-order valence-corrected chi connectivity index (χ4v) is 3.81. The van der Waals surface area contributed by atoms with E-state index in [9.17, 15) is 4.79 Å². The lowest BCUT2D eigenvalue weighted by molar-refractivity contribution is 0.0992. The Morgan fingerprint density at radius 2 is 1.48 bits per heavy atom. The van der Waals surface area contributed by atoms with Gasteiger partial charge in [0.15, 0.2) is 5.78 Å². The Bertz CT molecular complexity index is 934. The molecule has 0 heterocycles. The molecule has 25 heavy (non-hydrogen) atoms. The maximum Gasteiger partial charge on any atom is 0.166 e. The zero-order valence-corrected chi connectivity index (χ0v) is 14.4. The Morgan fingerprint density at radius 3 is 2.32 bits per heavy atom. The van der Waals surface area contributed by atoms with Crippen LogP contribution in [0, 0.1) is 0 Å². The van der Waals surface area contributed by atoms with Crippen molar-refractivity contribution in [2.24, 2.45) is 0 Å². The molecule has 1 aliphatic rings. The first kappa shape index (κ1) is 15.8. The van der Waals surface area contributed by atoms with Crippen LogP contribution >= 0.6 is 0 Å². The van der Waals surface area contributed by atoms with Crippen molar-refractivity contribution in [1.82, 2.24) is 0 Å². The first-order chi connectivity index (χ1) is 12.3. The largest absolute Gasteiger partial charge is 0.294 e. The highest BCUT2D eigenvalue weighted by Crippen LogP contribution is 2.34. The molecule has 1 heteroatoms. The second kappa shape index (κ2) is 7.06. The molecule has 0 bridgehead atoms. The van der Waals surface area contributed by atoms with Gasteiger partial charge in [0.25, 0.3) is 0 Å². The summed E-state index contributed by atoms with van der Waals surface area (Å²) in [6.07, 6.45) is 5.09. The van der Waals surface area contributed by atoms with Crippen molar-refractivity contribution in [2.45, 2.75) is 32.1 Å². The molecule has 124 valence electrons. The molecule has 4 rings (SSSR count). The molecule has 0 aliphatic heterocycles. The first-order valence-electron chi connectivity index (χ1n) is 9.09. The van der Waals surface area contributed by atoms with Gasteiger partial charge in [0.2, 0.25) is 0 Å². The molecule has 0 saturated carbocycles. The number of carbonyl (C=O) groups is 1. The molecule has 0 aromatic heterocycles. The minimum atomic E-state index is 0.232. The van der Waals surface area contributed by atoms with E-state index in [2.05, 4.69) is 42.5 Å². The Kier molecular flexibility index (Phi) is 4.47. The van der Waals surface area contributed by atoms with E-state index in [1.54, 1.807) is 0 Å². The second-order valence-corrected chi connectivity index (χ2v) is 6.82. The van der Waals surface area contributed by atoms with Gasteiger partial charge in [-0.3, -0.25) is 4.79 Å². The maximum absolute atomic E-state index is 12.9. The van der Waals surface area contributed by atoms with Crippen LogP contribution in [0.2, 0.25) is 0 Å². The molecule has 0 fully saturated rings. The van der Waals surface area contributed by atoms with Crippen LogP contribution in [0.15, 0.2) is 78.4 Å². The summed E-state index contributed by atoms with van der Waals surface area (Å²) in [6, 6.07) is 24.8. The molecule has 0 N–H and O–H groups in total. The highest BCUT2D eigenvalue weighted by Gasteiger charge is 2.18. The number of rotatable bonds is 4. The van der Waals surface area contributed by atoms with Crippen molar-refractivity contribution >= 4 is 22.1 Å². The highest BCUT2D eigenvalue weighted by molar-refractivity contribution is 6.01. The zero-order chi connectivity index (χ0) is 17.1. The van der Waals surface area contributed by atoms with Crippen LogP contribution in [0.4, 0.5) is 0 Å². The van der Waals surface area contributed by atoms with Gasteiger partial charge in [-0.25, -0.2) is 0 Å². The van der Waals surface area contributed by atoms with Crippen LogP contribution in [0.5, 0.6) is 0 Å². The van der Waals surface area contributed by atoms with Crippen LogP contribution in [0.1, 0.15) is 48.0 Å². The molecule has 0 unspecified atom stereocenters. The fourth-order valence-electron chi connectivity index (χ4n) is 3.81. The molecule has 1 nitrogen and oxygen atoms in total. The Balaban J connectivity index is 1.64. The third-order valence-corrected chi connectivity index (χ3v) is 5.15. The lowest BCUT2D eigenvalue weighted by Gasteiger charge is -2.20. The third-order valence-electron chi connectivity index (χ3n) is 5.15. The lowest BCUT2D eigenvalue weighted by atomic mass is 9.84. The topological polar surface area (TPSA) is 17.1 Å². The van der Waals surface area contributed by atoms with E-state index in [0.29, 0.717) is 6.42 Å². The lowest BCUT2D eigenvalue weighted by Crippen LogP contribution is -2.06. The normalized spacial score (nSPS) is 14.7. The number of hydrogen-bond acceptors (Lipinski definition) is 1. The van der Waals surface area contributed by atoms with E-state index in [0.717, 1.165) is 23.8 Å². The van der Waals surface area contributed by atoms with E-state index < -0.39 is 0 Å². The van der Waals surface area contributed by atoms with Gasteiger partial charge < -0.3 is 0 Å². The summed E-state index contributed by atoms with van der Waals surface area (Å²) in [5, 5.41) is 2.31. The molecule has 0 atom stereocenters. The van der Waals surface area contributed by atoms with E-state index in [4.69, 9.17) is 0 Å². The van der Waals surface area contributed by atoms with Gasteiger partial charge in [0, 0.05) is 12.0 Å². The summed E-state index contributed by atoms with van der Waals surface area (Å²) in [7, 11) is 0. The van der Waals surface area contributed by atoms with Gasteiger partial charge >= 0.3 is 0 Å². The average Bonchev–Trinajstić information content (AvgIpc) is 2.68. The van der Waals surface area contributed by atoms with Crippen LogP contribution in [-0.4, -0.2) is 5.78 Å². The summed E-state index contributed by atoms with van der Waals surface area (Å²) in [5.41, 5.74) is 4.82. The van der Waals surface area contributed by atoms with Gasteiger partial charge in [-0.1, -0.05) is 72.3 Å². The SMILES string of the molecule is O=C(CC1=C(c2ccccc2)CCCC1)c1ccc2ccccc2c1. The molecular formula is C24H22O. The van der Waals surface area contributed by atoms with Crippen LogP contribution in [-0.2, 0) is 0 Å². The second-order valence-electron chi connectivity index (χ2n) is 6.82. The van der Waals surface area contributed by atoms with Crippen molar-refractivity contribution < 1.29 is 4.79 Å². The van der Waals surface area contributed by atoms with Crippen molar-refractivity contribution in [1.29, 1.82) is 0 Å². The fraction of sp³-hybridized carbons (Fsp3) is 0.208. The van der Waals surface area contributed by atoms with E-state index in [-0.39, 0.29) is 5.78 Å². The summed E-state index contributed by atoms with van der Waals surface area (Å²) >= 11 is 0. The molecule has 0 saturated heterocycles. The van der Waals surface area contributed by atoms with Crippen molar-refractivity contribution in [2.75, 3.05) is 0 Å². The Morgan fingerprint density at radius 1 is 0.760 bits per heavy atom. The van der Waals surface area contributed by atoms with Crippen LogP contribution < -0.4 is 0 Å². The first-order valence-corrected chi connectivity index (χ1v) is 9.09. The molecule has 0 spiro atoms. The number of fused-ring (bicyclic) bond motifs is 1. The molecule has 1 aliphatic carbocycles. The molecule has 3 aromatic carbocycles. The number of Topliss-reactive ketones (excluding diaryl/α,β-unsaturated/α-hetero) is 1. The van der Waals surface area contributed by atoms with Gasteiger partial charge in [-0.15, -0.1) is 0 Å². The highest BCUT2D eigenvalue weighted by atomic mass is 16.1. The van der Waals surface area contributed by atoms with Crippen LogP contribution in [0.25, 0.3) is 16.3 Å².